The first-order chi connectivity index (χ1) is 13.5. The molecule has 0 spiro atoms. The minimum atomic E-state index is -0.517. The highest BCUT2D eigenvalue weighted by Crippen LogP contribution is 2.24. The Morgan fingerprint density at radius 3 is 2.75 bits per heavy atom. The maximum Gasteiger partial charge on any atom is 0.267 e. The molecule has 0 unspecified atom stereocenters. The Morgan fingerprint density at radius 2 is 2.00 bits per heavy atom. The molecular weight excluding hydrogens is 387 g/mol. The van der Waals surface area contributed by atoms with E-state index in [1.165, 1.54) is 24.5 Å². The molecule has 0 aliphatic rings. The standard InChI is InChI=1S/C19H12ClFN4O3/c20-12-4-6-14(7-5-12)23-15(26)9-25-10-22-18-16(19(25)27)17(24-28-18)11-2-1-3-13(21)8-11/h1-8,10H,9H2,(H,23,26). The highest BCUT2D eigenvalue weighted by Gasteiger charge is 2.18. The van der Waals surface area contributed by atoms with Crippen molar-refractivity contribution in [2.24, 2.45) is 0 Å². The Kier molecular flexibility index (Phi) is 4.62. The SMILES string of the molecule is O=C(Cn1cnc2onc(-c3cccc(F)c3)c2c1=O)Nc1ccc(Cl)cc1. The number of halogens is 2. The summed E-state index contributed by atoms with van der Waals surface area (Å²) in [4.78, 5) is 29.1. The van der Waals surface area contributed by atoms with Crippen LogP contribution >= 0.6 is 11.6 Å². The number of carbonyl (C=O) groups is 1. The van der Waals surface area contributed by atoms with Gasteiger partial charge in [0.05, 0.1) is 0 Å². The molecule has 1 amide bonds. The molecule has 28 heavy (non-hydrogen) atoms. The van der Waals surface area contributed by atoms with Crippen molar-refractivity contribution in [1.29, 1.82) is 0 Å². The Hall–Kier alpha value is -3.52. The summed E-state index contributed by atoms with van der Waals surface area (Å²) in [6.07, 6.45) is 1.20. The number of hydrogen-bond donors (Lipinski definition) is 1. The molecule has 7 nitrogen and oxygen atoms in total. The van der Waals surface area contributed by atoms with E-state index in [-0.39, 0.29) is 23.3 Å². The summed E-state index contributed by atoms with van der Waals surface area (Å²) in [5.74, 6) is -0.894. The summed E-state index contributed by atoms with van der Waals surface area (Å²) in [6, 6.07) is 12.2. The van der Waals surface area contributed by atoms with Crippen LogP contribution in [0.3, 0.4) is 0 Å². The number of fused-ring (bicyclic) bond motifs is 1. The van der Waals surface area contributed by atoms with Gasteiger partial charge in [-0.15, -0.1) is 0 Å². The van der Waals surface area contributed by atoms with Gasteiger partial charge in [-0.05, 0) is 36.4 Å². The Bertz CT molecular complexity index is 1230. The van der Waals surface area contributed by atoms with E-state index in [4.69, 9.17) is 16.1 Å². The van der Waals surface area contributed by atoms with Crippen molar-refractivity contribution in [3.63, 3.8) is 0 Å². The van der Waals surface area contributed by atoms with Crippen LogP contribution in [0.25, 0.3) is 22.4 Å². The monoisotopic (exact) mass is 398 g/mol. The largest absolute Gasteiger partial charge is 0.335 e. The molecule has 2 aromatic heterocycles. The third-order valence-electron chi connectivity index (χ3n) is 4.00. The molecule has 4 aromatic rings. The van der Waals surface area contributed by atoms with Crippen LogP contribution in [0.15, 0.2) is 64.2 Å². The normalized spacial score (nSPS) is 10.9. The van der Waals surface area contributed by atoms with Gasteiger partial charge in [-0.1, -0.05) is 28.9 Å². The average Bonchev–Trinajstić information content (AvgIpc) is 3.11. The number of benzene rings is 2. The highest BCUT2D eigenvalue weighted by atomic mass is 35.5. The van der Waals surface area contributed by atoms with E-state index in [1.807, 2.05) is 0 Å². The van der Waals surface area contributed by atoms with E-state index in [1.54, 1.807) is 30.3 Å². The zero-order valence-electron chi connectivity index (χ0n) is 14.2. The van der Waals surface area contributed by atoms with Gasteiger partial charge >= 0.3 is 0 Å². The van der Waals surface area contributed by atoms with Gasteiger partial charge in [0.1, 0.15) is 29.8 Å². The Labute approximate surface area is 162 Å². The van der Waals surface area contributed by atoms with Crippen LogP contribution in [-0.2, 0) is 11.3 Å². The van der Waals surface area contributed by atoms with Gasteiger partial charge in [0.15, 0.2) is 0 Å². The lowest BCUT2D eigenvalue weighted by Crippen LogP contribution is -2.27. The third-order valence-corrected chi connectivity index (χ3v) is 4.26. The first-order valence-corrected chi connectivity index (χ1v) is 8.55. The number of anilines is 1. The van der Waals surface area contributed by atoms with Crippen LogP contribution in [0, 0.1) is 5.82 Å². The first kappa shape index (κ1) is 17.9. The van der Waals surface area contributed by atoms with Gasteiger partial charge < -0.3 is 9.84 Å². The number of nitrogens with one attached hydrogen (secondary N) is 1. The molecular formula is C19H12ClFN4O3. The van der Waals surface area contributed by atoms with Crippen LogP contribution in [0.2, 0.25) is 5.02 Å². The quantitative estimate of drug-likeness (QED) is 0.568. The van der Waals surface area contributed by atoms with Crippen molar-refractivity contribution < 1.29 is 13.7 Å². The molecule has 0 aliphatic carbocycles. The molecule has 0 saturated heterocycles. The molecule has 0 radical (unpaired) electrons. The fourth-order valence-corrected chi connectivity index (χ4v) is 2.84. The van der Waals surface area contributed by atoms with Gasteiger partial charge in [-0.3, -0.25) is 14.2 Å². The van der Waals surface area contributed by atoms with Gasteiger partial charge in [0, 0.05) is 16.3 Å². The fraction of sp³-hybridized carbons (Fsp3) is 0.0526. The summed E-state index contributed by atoms with van der Waals surface area (Å²) in [7, 11) is 0. The second kappa shape index (κ2) is 7.24. The predicted octanol–water partition coefficient (Wildman–Crippen LogP) is 3.48. The number of carbonyl (C=O) groups excluding carboxylic acids is 1. The van der Waals surface area contributed by atoms with Crippen molar-refractivity contribution in [3.8, 4) is 11.3 Å². The number of aromatic nitrogens is 3. The molecule has 0 bridgehead atoms. The van der Waals surface area contributed by atoms with Gasteiger partial charge in [0.25, 0.3) is 11.3 Å². The third kappa shape index (κ3) is 3.49. The molecule has 9 heteroatoms. The van der Waals surface area contributed by atoms with Gasteiger partial charge in [0.2, 0.25) is 5.91 Å². The van der Waals surface area contributed by atoms with Crippen LogP contribution < -0.4 is 10.9 Å². The van der Waals surface area contributed by atoms with Crippen LogP contribution in [0.5, 0.6) is 0 Å². The maximum absolute atomic E-state index is 13.5. The van der Waals surface area contributed by atoms with Crippen LogP contribution in [0.1, 0.15) is 0 Å². The lowest BCUT2D eigenvalue weighted by molar-refractivity contribution is -0.116. The predicted molar refractivity (Wildman–Crippen MR) is 102 cm³/mol. The van der Waals surface area contributed by atoms with Gasteiger partial charge in [-0.25, -0.2) is 9.37 Å². The van der Waals surface area contributed by atoms with E-state index in [2.05, 4.69) is 15.5 Å². The lowest BCUT2D eigenvalue weighted by atomic mass is 10.1. The van der Waals surface area contributed by atoms with E-state index >= 15 is 0 Å². The van der Waals surface area contributed by atoms with E-state index in [9.17, 15) is 14.0 Å². The van der Waals surface area contributed by atoms with E-state index in [0.29, 0.717) is 16.3 Å². The minimum Gasteiger partial charge on any atom is -0.335 e. The first-order valence-electron chi connectivity index (χ1n) is 8.17. The molecule has 1 N–H and O–H groups in total. The summed E-state index contributed by atoms with van der Waals surface area (Å²) in [5, 5.41) is 7.12. The minimum absolute atomic E-state index is 0.0126. The van der Waals surface area contributed by atoms with Crippen LogP contribution in [0.4, 0.5) is 10.1 Å². The second-order valence-electron chi connectivity index (χ2n) is 5.95. The molecule has 0 atom stereocenters. The highest BCUT2D eigenvalue weighted by molar-refractivity contribution is 6.30. The summed E-state index contributed by atoms with van der Waals surface area (Å²) < 4.78 is 19.7. The molecule has 0 aliphatic heterocycles. The number of nitrogens with zero attached hydrogens (tertiary/aromatic N) is 3. The van der Waals surface area contributed by atoms with Crippen molar-refractivity contribution in [1.82, 2.24) is 14.7 Å². The van der Waals surface area contributed by atoms with E-state index < -0.39 is 17.3 Å². The summed E-state index contributed by atoms with van der Waals surface area (Å²) >= 11 is 5.81. The fourth-order valence-electron chi connectivity index (χ4n) is 2.71. The zero-order valence-corrected chi connectivity index (χ0v) is 15.0. The van der Waals surface area contributed by atoms with E-state index in [0.717, 1.165) is 4.57 Å². The maximum atomic E-state index is 13.5. The number of amides is 1. The Morgan fingerprint density at radius 1 is 1.21 bits per heavy atom. The summed E-state index contributed by atoms with van der Waals surface area (Å²) in [6.45, 7) is -0.266. The smallest absolute Gasteiger partial charge is 0.267 e. The second-order valence-corrected chi connectivity index (χ2v) is 6.39. The molecule has 2 heterocycles. The van der Waals surface area contributed by atoms with Crippen molar-refractivity contribution in [2.75, 3.05) is 5.32 Å². The molecule has 4 rings (SSSR count). The Balaban J connectivity index is 1.66. The average molecular weight is 399 g/mol. The molecule has 0 fully saturated rings. The topological polar surface area (TPSA) is 90.0 Å². The number of rotatable bonds is 4. The van der Waals surface area contributed by atoms with Crippen molar-refractivity contribution in [3.05, 3.63) is 76.1 Å². The molecule has 140 valence electrons. The zero-order chi connectivity index (χ0) is 19.7. The van der Waals surface area contributed by atoms with Crippen molar-refractivity contribution in [2.45, 2.75) is 6.54 Å². The lowest BCUT2D eigenvalue weighted by Gasteiger charge is -2.07. The molecule has 2 aromatic carbocycles. The number of hydrogen-bond acceptors (Lipinski definition) is 5. The molecule has 0 saturated carbocycles. The van der Waals surface area contributed by atoms with Gasteiger partial charge in [-0.2, -0.15) is 0 Å². The summed E-state index contributed by atoms with van der Waals surface area (Å²) in [5.41, 5.74) is 0.581. The van der Waals surface area contributed by atoms with Crippen LogP contribution in [-0.4, -0.2) is 20.6 Å². The van der Waals surface area contributed by atoms with Crippen molar-refractivity contribution >= 4 is 34.3 Å².